The number of benzene rings is 2. The zero-order chi connectivity index (χ0) is 18.1. The highest BCUT2D eigenvalue weighted by Crippen LogP contribution is 2.31. The number of ether oxygens (including phenoxy) is 1. The van der Waals surface area contributed by atoms with Gasteiger partial charge >= 0.3 is 6.36 Å². The van der Waals surface area contributed by atoms with Crippen LogP contribution in [0.15, 0.2) is 54.4 Å². The molecule has 4 nitrogen and oxygen atoms in total. The van der Waals surface area contributed by atoms with E-state index in [-0.39, 0.29) is 5.82 Å². The monoisotopic (exact) mass is 354 g/mol. The van der Waals surface area contributed by atoms with E-state index in [2.05, 4.69) is 15.9 Å². The third-order valence-corrected chi connectivity index (χ3v) is 4.39. The van der Waals surface area contributed by atoms with Gasteiger partial charge in [-0.05, 0) is 41.8 Å². The van der Waals surface area contributed by atoms with Gasteiger partial charge in [-0.25, -0.2) is 4.39 Å². The number of alkyl halides is 1. The van der Waals surface area contributed by atoms with E-state index in [0.29, 0.717) is 18.0 Å². The van der Waals surface area contributed by atoms with Gasteiger partial charge in [0.1, 0.15) is 11.6 Å². The van der Waals surface area contributed by atoms with Gasteiger partial charge in [-0.2, -0.15) is 4.39 Å². The van der Waals surface area contributed by atoms with Crippen molar-refractivity contribution in [3.63, 3.8) is 0 Å². The molecule has 2 heterocycles. The molecule has 132 valence electrons. The Balaban J connectivity index is 1.49. The molecule has 0 fully saturated rings. The molecule has 2 aliphatic rings. The predicted molar refractivity (Wildman–Crippen MR) is 93.5 cm³/mol. The molecule has 1 amide bonds. The SMILES string of the molecule is O=C1Nc2cc(CN3C=C=C(c4ccc(F)cc4)CC3)ccc2OC1F. The summed E-state index contributed by atoms with van der Waals surface area (Å²) in [5.74, 6) is -0.716. The third-order valence-electron chi connectivity index (χ3n) is 4.39. The van der Waals surface area contributed by atoms with E-state index in [1.807, 2.05) is 12.3 Å². The number of nitrogens with one attached hydrogen (secondary N) is 1. The quantitative estimate of drug-likeness (QED) is 0.851. The molecule has 0 bridgehead atoms. The maximum Gasteiger partial charge on any atom is 0.317 e. The molecule has 2 aliphatic heterocycles. The smallest absolute Gasteiger partial charge is 0.317 e. The minimum atomic E-state index is -1.96. The Labute approximate surface area is 149 Å². The Bertz CT molecular complexity index is 918. The summed E-state index contributed by atoms with van der Waals surface area (Å²) in [6.45, 7) is 1.43. The van der Waals surface area contributed by atoms with Crippen molar-refractivity contribution in [3.8, 4) is 5.75 Å². The number of amides is 1. The van der Waals surface area contributed by atoms with Crippen LogP contribution in [0.2, 0.25) is 0 Å². The molecule has 1 N–H and O–H groups in total. The van der Waals surface area contributed by atoms with Crippen molar-refractivity contribution in [2.24, 2.45) is 0 Å². The number of carbonyl (C=O) groups excluding carboxylic acids is 1. The molecule has 2 aromatic rings. The summed E-state index contributed by atoms with van der Waals surface area (Å²) in [6, 6.07) is 11.7. The molecule has 0 aliphatic carbocycles. The lowest BCUT2D eigenvalue weighted by molar-refractivity contribution is -0.130. The van der Waals surface area contributed by atoms with Crippen molar-refractivity contribution >= 4 is 17.2 Å². The van der Waals surface area contributed by atoms with Crippen LogP contribution in [-0.2, 0) is 11.3 Å². The largest absolute Gasteiger partial charge is 0.450 e. The number of rotatable bonds is 3. The van der Waals surface area contributed by atoms with E-state index in [0.717, 1.165) is 29.7 Å². The summed E-state index contributed by atoms with van der Waals surface area (Å²) < 4.78 is 31.2. The minimum Gasteiger partial charge on any atom is -0.450 e. The van der Waals surface area contributed by atoms with Gasteiger partial charge in [-0.1, -0.05) is 23.9 Å². The van der Waals surface area contributed by atoms with E-state index >= 15 is 0 Å². The lowest BCUT2D eigenvalue weighted by Gasteiger charge is -2.25. The van der Waals surface area contributed by atoms with Crippen molar-refractivity contribution in [3.05, 3.63) is 71.3 Å². The molecular formula is C20H16F2N2O2. The third kappa shape index (κ3) is 3.32. The average Bonchev–Trinajstić information content (AvgIpc) is 2.64. The zero-order valence-corrected chi connectivity index (χ0v) is 13.8. The van der Waals surface area contributed by atoms with Gasteiger partial charge in [0.2, 0.25) is 0 Å². The van der Waals surface area contributed by atoms with Crippen molar-refractivity contribution in [2.75, 3.05) is 11.9 Å². The Morgan fingerprint density at radius 3 is 2.77 bits per heavy atom. The van der Waals surface area contributed by atoms with E-state index in [4.69, 9.17) is 4.74 Å². The van der Waals surface area contributed by atoms with Crippen LogP contribution in [0.4, 0.5) is 14.5 Å². The molecule has 0 radical (unpaired) electrons. The van der Waals surface area contributed by atoms with Gasteiger partial charge in [0.25, 0.3) is 5.91 Å². The van der Waals surface area contributed by atoms with Crippen LogP contribution in [0.1, 0.15) is 17.5 Å². The Morgan fingerprint density at radius 2 is 2.04 bits per heavy atom. The average molecular weight is 354 g/mol. The van der Waals surface area contributed by atoms with Gasteiger partial charge in [0, 0.05) is 24.9 Å². The van der Waals surface area contributed by atoms with Gasteiger partial charge in [0.15, 0.2) is 0 Å². The van der Waals surface area contributed by atoms with Crippen LogP contribution in [0, 0.1) is 5.82 Å². The van der Waals surface area contributed by atoms with Crippen LogP contribution in [-0.4, -0.2) is 23.7 Å². The number of hydrogen-bond acceptors (Lipinski definition) is 3. The summed E-state index contributed by atoms with van der Waals surface area (Å²) in [5.41, 5.74) is 6.71. The van der Waals surface area contributed by atoms with Gasteiger partial charge in [0.05, 0.1) is 5.69 Å². The lowest BCUT2D eigenvalue weighted by atomic mass is 10.0. The highest BCUT2D eigenvalue weighted by molar-refractivity contribution is 5.96. The van der Waals surface area contributed by atoms with Gasteiger partial charge in [-0.3, -0.25) is 4.79 Å². The summed E-state index contributed by atoms with van der Waals surface area (Å²) in [5, 5.41) is 2.50. The molecule has 2 aromatic carbocycles. The first-order chi connectivity index (χ1) is 12.6. The number of halogens is 2. The number of anilines is 1. The fourth-order valence-corrected chi connectivity index (χ4v) is 3.03. The Kier molecular flexibility index (Phi) is 4.19. The van der Waals surface area contributed by atoms with Crippen molar-refractivity contribution < 1.29 is 18.3 Å². The molecule has 0 saturated carbocycles. The number of hydrogen-bond donors (Lipinski definition) is 1. The van der Waals surface area contributed by atoms with E-state index in [1.54, 1.807) is 24.3 Å². The van der Waals surface area contributed by atoms with E-state index < -0.39 is 12.3 Å². The van der Waals surface area contributed by atoms with Crippen LogP contribution in [0.3, 0.4) is 0 Å². The second-order valence-corrected chi connectivity index (χ2v) is 6.23. The summed E-state index contributed by atoms with van der Waals surface area (Å²) in [6.07, 6.45) is 0.721. The Morgan fingerprint density at radius 1 is 1.23 bits per heavy atom. The fourth-order valence-electron chi connectivity index (χ4n) is 3.03. The van der Waals surface area contributed by atoms with Crippen molar-refractivity contribution in [1.82, 2.24) is 4.90 Å². The topological polar surface area (TPSA) is 41.6 Å². The molecule has 0 aromatic heterocycles. The van der Waals surface area contributed by atoms with Crippen LogP contribution >= 0.6 is 0 Å². The maximum absolute atomic E-state index is 13.2. The highest BCUT2D eigenvalue weighted by atomic mass is 19.1. The van der Waals surface area contributed by atoms with Crippen LogP contribution in [0.5, 0.6) is 5.75 Å². The Hall–Kier alpha value is -3.11. The maximum atomic E-state index is 13.2. The molecule has 6 heteroatoms. The molecular weight excluding hydrogens is 338 g/mol. The first kappa shape index (κ1) is 16.4. The van der Waals surface area contributed by atoms with E-state index in [1.165, 1.54) is 12.1 Å². The van der Waals surface area contributed by atoms with Crippen LogP contribution in [0.25, 0.3) is 5.57 Å². The van der Waals surface area contributed by atoms with Crippen molar-refractivity contribution in [1.29, 1.82) is 0 Å². The number of nitrogens with zero attached hydrogens (tertiary/aromatic N) is 1. The first-order valence-electron chi connectivity index (χ1n) is 8.29. The summed E-state index contributed by atoms with van der Waals surface area (Å²) in [4.78, 5) is 13.5. The second-order valence-electron chi connectivity index (χ2n) is 6.23. The summed E-state index contributed by atoms with van der Waals surface area (Å²) in [7, 11) is 0. The number of fused-ring (bicyclic) bond motifs is 1. The fraction of sp³-hybridized carbons (Fsp3) is 0.200. The summed E-state index contributed by atoms with van der Waals surface area (Å²) >= 11 is 0. The predicted octanol–water partition coefficient (Wildman–Crippen LogP) is 3.85. The molecule has 0 saturated heterocycles. The van der Waals surface area contributed by atoms with Gasteiger partial charge < -0.3 is 15.0 Å². The molecule has 26 heavy (non-hydrogen) atoms. The van der Waals surface area contributed by atoms with Crippen molar-refractivity contribution in [2.45, 2.75) is 19.3 Å². The molecule has 4 rings (SSSR count). The normalized spacial score (nSPS) is 18.7. The first-order valence-corrected chi connectivity index (χ1v) is 8.29. The molecule has 1 unspecified atom stereocenters. The molecule has 1 atom stereocenters. The zero-order valence-electron chi connectivity index (χ0n) is 13.8. The number of carbonyl (C=O) groups is 1. The standard InChI is InChI=1S/C20H16F2N2O2/c21-16-4-2-14(3-5-16)15-7-9-24(10-8-15)12-13-1-6-18-17(11-13)23-20(25)19(22)26-18/h1-6,10-11,19H,7,9,12H2,(H,23,25). The van der Waals surface area contributed by atoms with E-state index in [9.17, 15) is 13.6 Å². The van der Waals surface area contributed by atoms with Crippen LogP contribution < -0.4 is 10.1 Å². The highest BCUT2D eigenvalue weighted by Gasteiger charge is 2.27. The molecule has 0 spiro atoms. The minimum absolute atomic E-state index is 0.252. The second kappa shape index (κ2) is 6.65. The van der Waals surface area contributed by atoms with Gasteiger partial charge in [-0.15, -0.1) is 0 Å². The lowest BCUT2D eigenvalue weighted by Crippen LogP contribution is -2.33.